The molecule has 0 saturated heterocycles. The summed E-state index contributed by atoms with van der Waals surface area (Å²) in [4.78, 5) is 0. The van der Waals surface area contributed by atoms with E-state index in [0.29, 0.717) is 11.8 Å². The maximum absolute atomic E-state index is 2.34. The molecule has 0 aliphatic heterocycles. The number of thiophene rings is 1. The lowest BCUT2D eigenvalue weighted by atomic mass is 9.98. The Kier molecular flexibility index (Phi) is 2.83. The van der Waals surface area contributed by atoms with E-state index in [-0.39, 0.29) is 0 Å². The summed E-state index contributed by atoms with van der Waals surface area (Å²) in [6.07, 6.45) is 0. The molecule has 0 amide bonds. The van der Waals surface area contributed by atoms with E-state index >= 15 is 0 Å². The highest BCUT2D eigenvalue weighted by Crippen LogP contribution is 2.33. The van der Waals surface area contributed by atoms with Crippen molar-refractivity contribution in [1.29, 1.82) is 0 Å². The topological polar surface area (TPSA) is 0 Å². The molecule has 2 aromatic rings. The zero-order chi connectivity index (χ0) is 11.0. The van der Waals surface area contributed by atoms with Crippen molar-refractivity contribution in [3.05, 3.63) is 34.7 Å². The van der Waals surface area contributed by atoms with Gasteiger partial charge in [-0.25, -0.2) is 0 Å². The SMILES string of the molecule is CC(C)c1ccc2c(C(C)C)csc2c1. The van der Waals surface area contributed by atoms with E-state index in [4.69, 9.17) is 0 Å². The normalized spacial score (nSPS) is 11.9. The van der Waals surface area contributed by atoms with Crippen molar-refractivity contribution in [2.45, 2.75) is 39.5 Å². The molecule has 0 bridgehead atoms. The molecule has 0 saturated carbocycles. The Morgan fingerprint density at radius 3 is 2.33 bits per heavy atom. The minimum absolute atomic E-state index is 0.624. The van der Waals surface area contributed by atoms with Crippen LogP contribution in [0.25, 0.3) is 10.1 Å². The molecule has 0 spiro atoms. The average Bonchev–Trinajstić information content (AvgIpc) is 2.59. The van der Waals surface area contributed by atoms with Crippen molar-refractivity contribution in [2.24, 2.45) is 0 Å². The van der Waals surface area contributed by atoms with Gasteiger partial charge in [0.15, 0.2) is 0 Å². The zero-order valence-corrected chi connectivity index (χ0v) is 10.7. The van der Waals surface area contributed by atoms with Gasteiger partial charge in [-0.15, -0.1) is 11.3 Å². The fourth-order valence-corrected chi connectivity index (χ4v) is 3.04. The molecule has 15 heavy (non-hydrogen) atoms. The summed E-state index contributed by atoms with van der Waals surface area (Å²) < 4.78 is 1.44. The molecule has 0 unspecified atom stereocenters. The van der Waals surface area contributed by atoms with Crippen molar-refractivity contribution in [1.82, 2.24) is 0 Å². The molecule has 0 fully saturated rings. The number of fused-ring (bicyclic) bond motifs is 1. The van der Waals surface area contributed by atoms with E-state index in [1.807, 2.05) is 11.3 Å². The minimum Gasteiger partial charge on any atom is -0.144 e. The van der Waals surface area contributed by atoms with E-state index in [1.54, 1.807) is 0 Å². The first-order valence-electron chi connectivity index (χ1n) is 5.60. The molecule has 0 aliphatic rings. The van der Waals surface area contributed by atoms with Crippen LogP contribution in [0.2, 0.25) is 0 Å². The Labute approximate surface area is 95.9 Å². The quantitative estimate of drug-likeness (QED) is 0.654. The van der Waals surface area contributed by atoms with Crippen LogP contribution in [0.4, 0.5) is 0 Å². The molecule has 1 aromatic heterocycles. The van der Waals surface area contributed by atoms with Gasteiger partial charge in [0.25, 0.3) is 0 Å². The van der Waals surface area contributed by atoms with Gasteiger partial charge in [-0.2, -0.15) is 0 Å². The lowest BCUT2D eigenvalue weighted by Gasteiger charge is -2.06. The third-order valence-corrected chi connectivity index (χ3v) is 3.88. The second kappa shape index (κ2) is 3.97. The summed E-state index contributed by atoms with van der Waals surface area (Å²) in [6, 6.07) is 6.90. The van der Waals surface area contributed by atoms with Gasteiger partial charge in [0, 0.05) is 4.70 Å². The third-order valence-electron chi connectivity index (χ3n) is 2.92. The van der Waals surface area contributed by atoms with Crippen LogP contribution in [0.5, 0.6) is 0 Å². The molecule has 1 aromatic carbocycles. The van der Waals surface area contributed by atoms with Gasteiger partial charge in [0.05, 0.1) is 0 Å². The predicted octanol–water partition coefficient (Wildman–Crippen LogP) is 5.15. The van der Waals surface area contributed by atoms with Gasteiger partial charge in [0.2, 0.25) is 0 Å². The highest BCUT2D eigenvalue weighted by molar-refractivity contribution is 7.17. The van der Waals surface area contributed by atoms with Gasteiger partial charge < -0.3 is 0 Å². The van der Waals surface area contributed by atoms with Crippen molar-refractivity contribution >= 4 is 21.4 Å². The molecular weight excluding hydrogens is 200 g/mol. The second-order valence-electron chi connectivity index (χ2n) is 4.76. The summed E-state index contributed by atoms with van der Waals surface area (Å²) in [6.45, 7) is 9.02. The van der Waals surface area contributed by atoms with E-state index in [9.17, 15) is 0 Å². The Bertz CT molecular complexity index is 463. The van der Waals surface area contributed by atoms with Crippen LogP contribution in [-0.2, 0) is 0 Å². The van der Waals surface area contributed by atoms with Crippen LogP contribution in [0, 0.1) is 0 Å². The predicted molar refractivity (Wildman–Crippen MR) is 70.0 cm³/mol. The van der Waals surface area contributed by atoms with Crippen molar-refractivity contribution in [3.63, 3.8) is 0 Å². The summed E-state index contributed by atoms with van der Waals surface area (Å²) in [5.41, 5.74) is 2.94. The molecule has 0 N–H and O–H groups in total. The van der Waals surface area contributed by atoms with Crippen LogP contribution in [0.1, 0.15) is 50.7 Å². The van der Waals surface area contributed by atoms with Crippen LogP contribution < -0.4 is 0 Å². The number of hydrogen-bond acceptors (Lipinski definition) is 1. The molecule has 0 nitrogen and oxygen atoms in total. The summed E-state index contributed by atoms with van der Waals surface area (Å²) in [5.74, 6) is 1.25. The molecular formula is C14H18S. The molecule has 0 atom stereocenters. The first kappa shape index (κ1) is 10.7. The molecule has 1 heteroatoms. The van der Waals surface area contributed by atoms with Crippen LogP contribution in [0.3, 0.4) is 0 Å². The fraction of sp³-hybridized carbons (Fsp3) is 0.429. The maximum atomic E-state index is 2.34. The number of benzene rings is 1. The van der Waals surface area contributed by atoms with Crippen molar-refractivity contribution in [2.75, 3.05) is 0 Å². The maximum Gasteiger partial charge on any atom is 0.0348 e. The van der Waals surface area contributed by atoms with E-state index in [0.717, 1.165) is 0 Å². The molecule has 0 aliphatic carbocycles. The highest BCUT2D eigenvalue weighted by Gasteiger charge is 2.08. The first-order valence-corrected chi connectivity index (χ1v) is 6.48. The van der Waals surface area contributed by atoms with Crippen LogP contribution in [0.15, 0.2) is 23.6 Å². The van der Waals surface area contributed by atoms with Gasteiger partial charge in [-0.1, -0.05) is 39.8 Å². The van der Waals surface area contributed by atoms with Crippen LogP contribution in [-0.4, -0.2) is 0 Å². The molecule has 80 valence electrons. The zero-order valence-electron chi connectivity index (χ0n) is 9.87. The Balaban J connectivity index is 2.57. The van der Waals surface area contributed by atoms with Crippen molar-refractivity contribution < 1.29 is 0 Å². The van der Waals surface area contributed by atoms with Gasteiger partial charge in [0.1, 0.15) is 0 Å². The molecule has 2 rings (SSSR count). The molecule has 0 radical (unpaired) electrons. The standard InChI is InChI=1S/C14H18S/c1-9(2)11-5-6-12-13(10(3)4)8-15-14(12)7-11/h5-10H,1-4H3. The highest BCUT2D eigenvalue weighted by atomic mass is 32.1. The third kappa shape index (κ3) is 1.93. The Hall–Kier alpha value is -0.820. The number of rotatable bonds is 2. The summed E-state index contributed by atoms with van der Waals surface area (Å²) in [7, 11) is 0. The van der Waals surface area contributed by atoms with Gasteiger partial charge in [-0.05, 0) is 39.8 Å². The minimum atomic E-state index is 0.624. The van der Waals surface area contributed by atoms with Crippen molar-refractivity contribution in [3.8, 4) is 0 Å². The lowest BCUT2D eigenvalue weighted by molar-refractivity contribution is 0.867. The van der Waals surface area contributed by atoms with E-state index in [1.165, 1.54) is 21.2 Å². The summed E-state index contributed by atoms with van der Waals surface area (Å²) >= 11 is 1.87. The van der Waals surface area contributed by atoms with Gasteiger partial charge >= 0.3 is 0 Å². The van der Waals surface area contributed by atoms with E-state index in [2.05, 4.69) is 51.3 Å². The Morgan fingerprint density at radius 1 is 1.00 bits per heavy atom. The van der Waals surface area contributed by atoms with Gasteiger partial charge in [-0.3, -0.25) is 0 Å². The number of hydrogen-bond donors (Lipinski definition) is 0. The first-order chi connectivity index (χ1) is 7.09. The fourth-order valence-electron chi connectivity index (χ4n) is 1.87. The Morgan fingerprint density at radius 2 is 1.73 bits per heavy atom. The monoisotopic (exact) mass is 218 g/mol. The van der Waals surface area contributed by atoms with Crippen LogP contribution >= 0.6 is 11.3 Å². The summed E-state index contributed by atoms with van der Waals surface area (Å²) in [5, 5.41) is 3.75. The smallest absolute Gasteiger partial charge is 0.0348 e. The van der Waals surface area contributed by atoms with E-state index < -0.39 is 0 Å². The average molecular weight is 218 g/mol. The lowest BCUT2D eigenvalue weighted by Crippen LogP contribution is -1.87. The second-order valence-corrected chi connectivity index (χ2v) is 5.67. The molecule has 1 heterocycles. The largest absolute Gasteiger partial charge is 0.144 e.